The molecule has 0 saturated heterocycles. The molecule has 2 nitrogen and oxygen atoms in total. The highest BCUT2D eigenvalue weighted by molar-refractivity contribution is 5.56. The molecule has 68 valence electrons. The lowest BCUT2D eigenvalue weighted by Gasteiger charge is -1.97. The standard InChI is InChI=1S/C10H11FN2/c11-9-5-3-6-10(13)8(9)4-1-2-7-12/h3,5-6H,2,7,12-13H2. The van der Waals surface area contributed by atoms with E-state index in [0.717, 1.165) is 0 Å². The van der Waals surface area contributed by atoms with Crippen LogP contribution in [0, 0.1) is 17.7 Å². The predicted molar refractivity (Wildman–Crippen MR) is 51.4 cm³/mol. The number of nitrogens with two attached hydrogens (primary N) is 2. The second kappa shape index (κ2) is 4.48. The Labute approximate surface area is 76.7 Å². The first-order valence-corrected chi connectivity index (χ1v) is 3.98. The van der Waals surface area contributed by atoms with Crippen LogP contribution >= 0.6 is 0 Å². The van der Waals surface area contributed by atoms with Gasteiger partial charge in [-0.1, -0.05) is 17.9 Å². The smallest absolute Gasteiger partial charge is 0.140 e. The van der Waals surface area contributed by atoms with Gasteiger partial charge in [-0.25, -0.2) is 4.39 Å². The zero-order chi connectivity index (χ0) is 9.68. The van der Waals surface area contributed by atoms with Crippen LogP contribution in [0.5, 0.6) is 0 Å². The van der Waals surface area contributed by atoms with Crippen LogP contribution in [0.25, 0.3) is 0 Å². The van der Waals surface area contributed by atoms with Crippen molar-refractivity contribution < 1.29 is 4.39 Å². The number of benzene rings is 1. The summed E-state index contributed by atoms with van der Waals surface area (Å²) in [5.74, 6) is 5.01. The topological polar surface area (TPSA) is 52.0 Å². The maximum absolute atomic E-state index is 13.1. The van der Waals surface area contributed by atoms with Crippen LogP contribution < -0.4 is 11.5 Å². The van der Waals surface area contributed by atoms with Gasteiger partial charge < -0.3 is 11.5 Å². The van der Waals surface area contributed by atoms with Crippen molar-refractivity contribution in [2.75, 3.05) is 12.3 Å². The summed E-state index contributed by atoms with van der Waals surface area (Å²) in [6, 6.07) is 4.51. The highest BCUT2D eigenvalue weighted by atomic mass is 19.1. The molecule has 0 aliphatic carbocycles. The molecule has 0 saturated carbocycles. The van der Waals surface area contributed by atoms with Crippen LogP contribution in [0.3, 0.4) is 0 Å². The van der Waals surface area contributed by atoms with Crippen LogP contribution in [0.15, 0.2) is 18.2 Å². The van der Waals surface area contributed by atoms with E-state index in [4.69, 9.17) is 11.5 Å². The number of rotatable bonds is 1. The maximum Gasteiger partial charge on any atom is 0.140 e. The Kier molecular flexibility index (Phi) is 3.30. The minimum atomic E-state index is -0.385. The summed E-state index contributed by atoms with van der Waals surface area (Å²) < 4.78 is 13.1. The van der Waals surface area contributed by atoms with Crippen LogP contribution in [0.2, 0.25) is 0 Å². The van der Waals surface area contributed by atoms with Crippen molar-refractivity contribution in [2.24, 2.45) is 5.73 Å². The molecule has 0 spiro atoms. The Morgan fingerprint density at radius 3 is 2.77 bits per heavy atom. The summed E-state index contributed by atoms with van der Waals surface area (Å²) in [4.78, 5) is 0. The fourth-order valence-electron chi connectivity index (χ4n) is 0.896. The number of hydrogen-bond acceptors (Lipinski definition) is 2. The Morgan fingerprint density at radius 1 is 1.38 bits per heavy atom. The average molecular weight is 178 g/mol. The van der Waals surface area contributed by atoms with E-state index in [-0.39, 0.29) is 11.4 Å². The monoisotopic (exact) mass is 178 g/mol. The molecule has 0 bridgehead atoms. The van der Waals surface area contributed by atoms with Crippen molar-refractivity contribution in [1.82, 2.24) is 0 Å². The molecule has 4 N–H and O–H groups in total. The minimum absolute atomic E-state index is 0.260. The first kappa shape index (κ1) is 9.56. The molecular weight excluding hydrogens is 167 g/mol. The molecule has 1 aromatic rings. The van der Waals surface area contributed by atoms with E-state index < -0.39 is 0 Å². The van der Waals surface area contributed by atoms with Crippen molar-refractivity contribution in [3.63, 3.8) is 0 Å². The normalized spacial score (nSPS) is 9.08. The van der Waals surface area contributed by atoms with Crippen molar-refractivity contribution in [3.8, 4) is 11.8 Å². The van der Waals surface area contributed by atoms with Gasteiger partial charge in [-0.05, 0) is 12.1 Å². The van der Waals surface area contributed by atoms with Crippen molar-refractivity contribution in [3.05, 3.63) is 29.6 Å². The third-order valence-electron chi connectivity index (χ3n) is 1.53. The average Bonchev–Trinajstić information content (AvgIpc) is 2.10. The minimum Gasteiger partial charge on any atom is -0.398 e. The van der Waals surface area contributed by atoms with E-state index in [1.54, 1.807) is 12.1 Å². The summed E-state index contributed by atoms with van der Waals surface area (Å²) >= 11 is 0. The predicted octanol–water partition coefficient (Wildman–Crippen LogP) is 1.11. The summed E-state index contributed by atoms with van der Waals surface area (Å²) in [6.45, 7) is 0.474. The van der Waals surface area contributed by atoms with Gasteiger partial charge in [0.2, 0.25) is 0 Å². The van der Waals surface area contributed by atoms with E-state index in [2.05, 4.69) is 11.8 Å². The lowest BCUT2D eigenvalue weighted by atomic mass is 10.1. The van der Waals surface area contributed by atoms with E-state index in [9.17, 15) is 4.39 Å². The molecule has 0 fully saturated rings. The third-order valence-corrected chi connectivity index (χ3v) is 1.53. The highest BCUT2D eigenvalue weighted by Crippen LogP contribution is 2.13. The molecule has 0 aromatic heterocycles. The van der Waals surface area contributed by atoms with Crippen LogP contribution in [-0.2, 0) is 0 Å². The van der Waals surface area contributed by atoms with Gasteiger partial charge in [-0.3, -0.25) is 0 Å². The van der Waals surface area contributed by atoms with Gasteiger partial charge in [0.05, 0.1) is 11.3 Å². The molecular formula is C10H11FN2. The SMILES string of the molecule is NCCC#Cc1c(N)cccc1F. The number of hydrogen-bond donors (Lipinski definition) is 2. The molecule has 0 radical (unpaired) electrons. The molecule has 0 atom stereocenters. The lowest BCUT2D eigenvalue weighted by molar-refractivity contribution is 0.625. The molecule has 3 heteroatoms. The van der Waals surface area contributed by atoms with Gasteiger partial charge in [-0.2, -0.15) is 0 Å². The summed E-state index contributed by atoms with van der Waals surface area (Å²) in [5.41, 5.74) is 11.4. The second-order valence-corrected chi connectivity index (χ2v) is 2.54. The fourth-order valence-corrected chi connectivity index (χ4v) is 0.896. The van der Waals surface area contributed by atoms with E-state index in [0.29, 0.717) is 18.7 Å². The molecule has 13 heavy (non-hydrogen) atoms. The van der Waals surface area contributed by atoms with Gasteiger partial charge >= 0.3 is 0 Å². The molecule has 0 aliphatic rings. The van der Waals surface area contributed by atoms with Crippen molar-refractivity contribution >= 4 is 5.69 Å². The number of nitrogen functional groups attached to an aromatic ring is 1. The molecule has 1 aromatic carbocycles. The Hall–Kier alpha value is -1.53. The molecule has 0 unspecified atom stereocenters. The van der Waals surface area contributed by atoms with Gasteiger partial charge in [0.25, 0.3) is 0 Å². The summed E-state index contributed by atoms with van der Waals surface area (Å²) in [7, 11) is 0. The maximum atomic E-state index is 13.1. The van der Waals surface area contributed by atoms with Crippen molar-refractivity contribution in [1.29, 1.82) is 0 Å². The molecule has 0 heterocycles. The first-order valence-electron chi connectivity index (χ1n) is 3.98. The van der Waals surface area contributed by atoms with Gasteiger partial charge in [0.1, 0.15) is 5.82 Å². The zero-order valence-electron chi connectivity index (χ0n) is 7.18. The summed E-state index contributed by atoms with van der Waals surface area (Å²) in [5, 5.41) is 0. The second-order valence-electron chi connectivity index (χ2n) is 2.54. The Bertz CT molecular complexity index is 329. The van der Waals surface area contributed by atoms with E-state index in [1.807, 2.05) is 0 Å². The fraction of sp³-hybridized carbons (Fsp3) is 0.200. The largest absolute Gasteiger partial charge is 0.398 e. The van der Waals surface area contributed by atoms with Gasteiger partial charge in [0.15, 0.2) is 0 Å². The van der Waals surface area contributed by atoms with Gasteiger partial charge in [0, 0.05) is 13.0 Å². The van der Waals surface area contributed by atoms with E-state index in [1.165, 1.54) is 6.07 Å². The third kappa shape index (κ3) is 2.46. The summed E-state index contributed by atoms with van der Waals surface area (Å²) in [6.07, 6.45) is 0.549. The van der Waals surface area contributed by atoms with E-state index >= 15 is 0 Å². The quantitative estimate of drug-likeness (QED) is 0.500. The lowest BCUT2D eigenvalue weighted by Crippen LogP contribution is -1.96. The molecule has 0 amide bonds. The first-order chi connectivity index (χ1) is 6.25. The number of anilines is 1. The highest BCUT2D eigenvalue weighted by Gasteiger charge is 2.00. The zero-order valence-corrected chi connectivity index (χ0v) is 7.18. The molecule has 1 rings (SSSR count). The van der Waals surface area contributed by atoms with Crippen LogP contribution in [-0.4, -0.2) is 6.54 Å². The number of halogens is 1. The Balaban J connectivity index is 2.95. The van der Waals surface area contributed by atoms with Gasteiger partial charge in [-0.15, -0.1) is 0 Å². The Morgan fingerprint density at radius 2 is 2.15 bits per heavy atom. The van der Waals surface area contributed by atoms with Crippen molar-refractivity contribution in [2.45, 2.75) is 6.42 Å². The molecule has 0 aliphatic heterocycles. The van der Waals surface area contributed by atoms with Crippen LogP contribution in [0.1, 0.15) is 12.0 Å². The van der Waals surface area contributed by atoms with Crippen LogP contribution in [0.4, 0.5) is 10.1 Å².